The third-order valence-electron chi connectivity index (χ3n) is 3.43. The highest BCUT2D eigenvalue weighted by Crippen LogP contribution is 2.59. The number of hydrogen-bond acceptors (Lipinski definition) is 6. The Hall–Kier alpha value is -2.01. The second kappa shape index (κ2) is 7.51. The van der Waals surface area contributed by atoms with Crippen LogP contribution in [0, 0.1) is 0 Å². The molecule has 0 spiro atoms. The van der Waals surface area contributed by atoms with E-state index in [4.69, 9.17) is 13.8 Å². The number of methoxy groups -OCH3 is 1. The second-order valence-corrected chi connectivity index (χ2v) is 7.10. The molecule has 124 valence electrons. The van der Waals surface area contributed by atoms with Crippen molar-refractivity contribution in [3.63, 3.8) is 0 Å². The van der Waals surface area contributed by atoms with Crippen molar-refractivity contribution in [2.24, 2.45) is 0 Å². The lowest BCUT2D eigenvalue weighted by Crippen LogP contribution is -2.13. The maximum Gasteiger partial charge on any atom is 0.356 e. The van der Waals surface area contributed by atoms with Gasteiger partial charge in [0.2, 0.25) is 0 Å². The maximum atomic E-state index is 12.9. The van der Waals surface area contributed by atoms with E-state index < -0.39 is 13.4 Å². The molecule has 0 aliphatic rings. The van der Waals surface area contributed by atoms with Crippen molar-refractivity contribution in [1.82, 2.24) is 0 Å². The van der Waals surface area contributed by atoms with Gasteiger partial charge in [0.1, 0.15) is 11.5 Å². The Balaban J connectivity index is 2.36. The standard InChI is InChI=1S/C16H20NO5P/c1-20-15-10-6-13(7-11-15)17-16(23(19,21-2)22-3)12-4-8-14(18)9-5-12/h4-11,16-18H,1-3H3/t16-/m1/s1. The van der Waals surface area contributed by atoms with Crippen LogP contribution in [0.25, 0.3) is 0 Å². The fourth-order valence-corrected chi connectivity index (χ4v) is 3.55. The molecule has 2 aromatic carbocycles. The predicted molar refractivity (Wildman–Crippen MR) is 89.1 cm³/mol. The van der Waals surface area contributed by atoms with E-state index in [1.165, 1.54) is 26.4 Å². The van der Waals surface area contributed by atoms with Crippen molar-refractivity contribution in [3.05, 3.63) is 54.1 Å². The van der Waals surface area contributed by atoms with E-state index in [2.05, 4.69) is 5.32 Å². The molecule has 0 heterocycles. The summed E-state index contributed by atoms with van der Waals surface area (Å²) < 4.78 is 28.3. The lowest BCUT2D eigenvalue weighted by molar-refractivity contribution is 0.268. The molecule has 0 radical (unpaired) electrons. The molecule has 0 saturated heterocycles. The first-order valence-corrected chi connectivity index (χ1v) is 8.54. The van der Waals surface area contributed by atoms with Gasteiger partial charge in [0.05, 0.1) is 7.11 Å². The molecule has 0 bridgehead atoms. The summed E-state index contributed by atoms with van der Waals surface area (Å²) in [6.45, 7) is 0. The van der Waals surface area contributed by atoms with Gasteiger partial charge in [0.15, 0.2) is 5.78 Å². The van der Waals surface area contributed by atoms with Crippen LogP contribution < -0.4 is 10.1 Å². The highest BCUT2D eigenvalue weighted by atomic mass is 31.2. The SMILES string of the molecule is COc1ccc(N[C@@H](c2ccc(O)cc2)P(=O)(OC)OC)cc1. The molecular formula is C16H20NO5P. The average molecular weight is 337 g/mol. The molecule has 0 saturated carbocycles. The smallest absolute Gasteiger partial charge is 0.356 e. The van der Waals surface area contributed by atoms with Gasteiger partial charge >= 0.3 is 7.60 Å². The third-order valence-corrected chi connectivity index (χ3v) is 5.51. The Morgan fingerprint density at radius 2 is 1.52 bits per heavy atom. The maximum absolute atomic E-state index is 12.9. The Morgan fingerprint density at radius 3 is 2.00 bits per heavy atom. The van der Waals surface area contributed by atoms with E-state index in [1.54, 1.807) is 31.4 Å². The van der Waals surface area contributed by atoms with Crippen LogP contribution in [0.3, 0.4) is 0 Å². The summed E-state index contributed by atoms with van der Waals surface area (Å²) in [5.41, 5.74) is 1.41. The quantitative estimate of drug-likeness (QED) is 0.744. The normalized spacial score (nSPS) is 12.7. The number of rotatable bonds is 7. The molecule has 2 N–H and O–H groups in total. The largest absolute Gasteiger partial charge is 0.508 e. The van der Waals surface area contributed by atoms with Crippen LogP contribution in [0.5, 0.6) is 11.5 Å². The van der Waals surface area contributed by atoms with Crippen LogP contribution in [0.2, 0.25) is 0 Å². The highest BCUT2D eigenvalue weighted by Gasteiger charge is 2.35. The van der Waals surface area contributed by atoms with E-state index in [9.17, 15) is 9.67 Å². The van der Waals surface area contributed by atoms with Gasteiger partial charge in [0, 0.05) is 19.9 Å². The van der Waals surface area contributed by atoms with Crippen LogP contribution in [0.4, 0.5) is 5.69 Å². The average Bonchev–Trinajstić information content (AvgIpc) is 2.60. The zero-order valence-corrected chi connectivity index (χ0v) is 14.1. The first kappa shape index (κ1) is 17.3. The topological polar surface area (TPSA) is 77.0 Å². The van der Waals surface area contributed by atoms with Crippen molar-refractivity contribution in [2.75, 3.05) is 26.6 Å². The molecule has 23 heavy (non-hydrogen) atoms. The summed E-state index contributed by atoms with van der Waals surface area (Å²) >= 11 is 0. The van der Waals surface area contributed by atoms with Crippen molar-refractivity contribution in [1.29, 1.82) is 0 Å². The Morgan fingerprint density at radius 1 is 0.957 bits per heavy atom. The second-order valence-electron chi connectivity index (χ2n) is 4.77. The number of aromatic hydroxyl groups is 1. The molecule has 0 fully saturated rings. The van der Waals surface area contributed by atoms with Crippen molar-refractivity contribution in [2.45, 2.75) is 5.78 Å². The van der Waals surface area contributed by atoms with E-state index in [0.717, 1.165) is 11.4 Å². The molecule has 0 aromatic heterocycles. The molecule has 7 heteroatoms. The minimum absolute atomic E-state index is 0.126. The van der Waals surface area contributed by atoms with Gasteiger partial charge < -0.3 is 24.2 Å². The number of hydrogen-bond donors (Lipinski definition) is 2. The zero-order chi connectivity index (χ0) is 16.9. The van der Waals surface area contributed by atoms with Gasteiger partial charge in [-0.15, -0.1) is 0 Å². The van der Waals surface area contributed by atoms with Gasteiger partial charge in [0.25, 0.3) is 0 Å². The van der Waals surface area contributed by atoms with Crippen LogP contribution in [0.1, 0.15) is 11.3 Å². The van der Waals surface area contributed by atoms with Crippen LogP contribution >= 0.6 is 7.60 Å². The molecule has 0 unspecified atom stereocenters. The summed E-state index contributed by atoms with van der Waals surface area (Å²) in [5, 5.41) is 12.6. The molecule has 2 aromatic rings. The highest BCUT2D eigenvalue weighted by molar-refractivity contribution is 7.54. The zero-order valence-electron chi connectivity index (χ0n) is 13.2. The van der Waals surface area contributed by atoms with E-state index >= 15 is 0 Å². The lowest BCUT2D eigenvalue weighted by Gasteiger charge is -2.26. The van der Waals surface area contributed by atoms with Crippen LogP contribution in [-0.2, 0) is 13.6 Å². The minimum Gasteiger partial charge on any atom is -0.508 e. The number of ether oxygens (including phenoxy) is 1. The van der Waals surface area contributed by atoms with E-state index in [-0.39, 0.29) is 5.75 Å². The van der Waals surface area contributed by atoms with E-state index in [1.807, 2.05) is 12.1 Å². The number of benzene rings is 2. The van der Waals surface area contributed by atoms with Gasteiger partial charge in [-0.05, 0) is 42.0 Å². The summed E-state index contributed by atoms with van der Waals surface area (Å²) in [6.07, 6.45) is 0. The first-order chi connectivity index (χ1) is 11.0. The predicted octanol–water partition coefficient (Wildman–Crippen LogP) is 4.00. The molecule has 1 atom stereocenters. The minimum atomic E-state index is -3.44. The number of anilines is 1. The monoisotopic (exact) mass is 337 g/mol. The third kappa shape index (κ3) is 4.05. The van der Waals surface area contributed by atoms with Gasteiger partial charge in [-0.2, -0.15) is 0 Å². The van der Waals surface area contributed by atoms with Gasteiger partial charge in [-0.1, -0.05) is 12.1 Å². The molecule has 6 nitrogen and oxygen atoms in total. The van der Waals surface area contributed by atoms with Crippen molar-refractivity contribution < 1.29 is 23.5 Å². The summed E-state index contributed by atoms with van der Waals surface area (Å²) in [6, 6.07) is 13.6. The Bertz CT molecular complexity index is 664. The molecule has 0 amide bonds. The van der Waals surface area contributed by atoms with E-state index in [0.29, 0.717) is 5.56 Å². The fraction of sp³-hybridized carbons (Fsp3) is 0.250. The fourth-order valence-electron chi connectivity index (χ4n) is 2.13. The van der Waals surface area contributed by atoms with Crippen LogP contribution in [-0.4, -0.2) is 26.4 Å². The Kier molecular flexibility index (Phi) is 5.66. The van der Waals surface area contributed by atoms with Crippen LogP contribution in [0.15, 0.2) is 48.5 Å². The number of phenolic OH excluding ortho intramolecular Hbond substituents is 1. The summed E-state index contributed by atoms with van der Waals surface area (Å²) in [7, 11) is 0.834. The molecule has 0 aliphatic heterocycles. The number of phenols is 1. The first-order valence-electron chi connectivity index (χ1n) is 6.93. The molecular weight excluding hydrogens is 317 g/mol. The van der Waals surface area contributed by atoms with Crippen molar-refractivity contribution >= 4 is 13.3 Å². The van der Waals surface area contributed by atoms with Gasteiger partial charge in [-0.3, -0.25) is 4.57 Å². The summed E-state index contributed by atoms with van der Waals surface area (Å²) in [5.74, 6) is 0.131. The van der Waals surface area contributed by atoms with Crippen molar-refractivity contribution in [3.8, 4) is 11.5 Å². The van der Waals surface area contributed by atoms with Gasteiger partial charge in [-0.25, -0.2) is 0 Å². The number of nitrogens with one attached hydrogen (secondary N) is 1. The lowest BCUT2D eigenvalue weighted by atomic mass is 10.2. The molecule has 2 rings (SSSR count). The molecule has 0 aliphatic carbocycles. The summed E-state index contributed by atoms with van der Waals surface area (Å²) in [4.78, 5) is 0. The Labute approximate surface area is 135 Å².